The summed E-state index contributed by atoms with van der Waals surface area (Å²) in [4.78, 5) is 36.3. The highest BCUT2D eigenvalue weighted by Crippen LogP contribution is 2.25. The van der Waals surface area contributed by atoms with Crippen LogP contribution in [0.25, 0.3) is 0 Å². The molecule has 3 N–H and O–H groups in total. The van der Waals surface area contributed by atoms with E-state index in [0.717, 1.165) is 16.7 Å². The highest BCUT2D eigenvalue weighted by atomic mass is 35.5. The van der Waals surface area contributed by atoms with Crippen LogP contribution < -0.4 is 20.8 Å². The fourth-order valence-corrected chi connectivity index (χ4v) is 3.33. The van der Waals surface area contributed by atoms with E-state index in [1.807, 2.05) is 51.1 Å². The number of benzene rings is 3. The average molecular weight is 493 g/mol. The van der Waals surface area contributed by atoms with Gasteiger partial charge in [-0.1, -0.05) is 47.5 Å². The van der Waals surface area contributed by atoms with Crippen molar-refractivity contribution in [3.8, 4) is 5.75 Å². The molecule has 8 nitrogen and oxygen atoms in total. The SMILES string of the molecule is Cc1ccc(NC(=O)COc2ccc(/C=N\NC(=O)C(=O)Nc3c(C)cccc3C)cc2Cl)cc1. The molecule has 0 aliphatic heterocycles. The molecule has 3 amide bonds. The monoisotopic (exact) mass is 492 g/mol. The van der Waals surface area contributed by atoms with Crippen LogP contribution in [0.15, 0.2) is 65.8 Å². The van der Waals surface area contributed by atoms with Gasteiger partial charge in [-0.15, -0.1) is 0 Å². The first kappa shape index (κ1) is 25.5. The Hall–Kier alpha value is -4.17. The van der Waals surface area contributed by atoms with Crippen molar-refractivity contribution in [1.82, 2.24) is 5.43 Å². The van der Waals surface area contributed by atoms with Gasteiger partial charge in [-0.2, -0.15) is 5.10 Å². The molecule has 0 radical (unpaired) electrons. The fourth-order valence-electron chi connectivity index (χ4n) is 3.09. The number of carbonyl (C=O) groups excluding carboxylic acids is 3. The van der Waals surface area contributed by atoms with E-state index in [9.17, 15) is 14.4 Å². The van der Waals surface area contributed by atoms with Gasteiger partial charge in [0.25, 0.3) is 5.91 Å². The van der Waals surface area contributed by atoms with E-state index in [0.29, 0.717) is 22.7 Å². The summed E-state index contributed by atoms with van der Waals surface area (Å²) in [5.41, 5.74) is 6.79. The first-order valence-corrected chi connectivity index (χ1v) is 11.1. The van der Waals surface area contributed by atoms with E-state index in [2.05, 4.69) is 21.2 Å². The normalized spacial score (nSPS) is 10.6. The van der Waals surface area contributed by atoms with Crippen LogP contribution in [0.5, 0.6) is 5.75 Å². The summed E-state index contributed by atoms with van der Waals surface area (Å²) in [6.07, 6.45) is 1.34. The van der Waals surface area contributed by atoms with Crippen LogP contribution in [0.2, 0.25) is 5.02 Å². The van der Waals surface area contributed by atoms with Crippen LogP contribution in [0.4, 0.5) is 11.4 Å². The third-order valence-corrected chi connectivity index (χ3v) is 5.25. The molecule has 3 aromatic carbocycles. The van der Waals surface area contributed by atoms with Crippen molar-refractivity contribution in [3.63, 3.8) is 0 Å². The van der Waals surface area contributed by atoms with E-state index in [4.69, 9.17) is 16.3 Å². The predicted octanol–water partition coefficient (Wildman–Crippen LogP) is 4.37. The molecule has 3 rings (SSSR count). The maximum absolute atomic E-state index is 12.1. The largest absolute Gasteiger partial charge is 0.482 e. The first-order chi connectivity index (χ1) is 16.7. The molecule has 0 heterocycles. The zero-order valence-corrected chi connectivity index (χ0v) is 20.3. The van der Waals surface area contributed by atoms with Crippen molar-refractivity contribution < 1.29 is 19.1 Å². The second-order valence-electron chi connectivity index (χ2n) is 7.81. The lowest BCUT2D eigenvalue weighted by molar-refractivity contribution is -0.136. The molecule has 0 saturated carbocycles. The molecule has 180 valence electrons. The Labute approximate surface area is 208 Å². The summed E-state index contributed by atoms with van der Waals surface area (Å²) < 4.78 is 5.49. The van der Waals surface area contributed by atoms with Crippen LogP contribution in [0, 0.1) is 20.8 Å². The number of aryl methyl sites for hydroxylation is 3. The number of nitrogens with zero attached hydrogens (tertiary/aromatic N) is 1. The topological polar surface area (TPSA) is 109 Å². The molecule has 35 heavy (non-hydrogen) atoms. The molecule has 0 aliphatic carbocycles. The quantitative estimate of drug-likeness (QED) is 0.258. The molecule has 0 unspecified atom stereocenters. The number of nitrogens with one attached hydrogen (secondary N) is 3. The number of para-hydroxylation sites is 1. The Bertz CT molecular complexity index is 1250. The molecule has 0 aromatic heterocycles. The van der Waals surface area contributed by atoms with Crippen molar-refractivity contribution in [2.45, 2.75) is 20.8 Å². The molecule has 0 fully saturated rings. The minimum atomic E-state index is -0.908. The van der Waals surface area contributed by atoms with Crippen molar-refractivity contribution in [2.75, 3.05) is 17.2 Å². The van der Waals surface area contributed by atoms with Gasteiger partial charge in [0.1, 0.15) is 5.75 Å². The minimum absolute atomic E-state index is 0.216. The third kappa shape index (κ3) is 7.41. The summed E-state index contributed by atoms with van der Waals surface area (Å²) >= 11 is 6.23. The lowest BCUT2D eigenvalue weighted by Crippen LogP contribution is -2.32. The molecular weight excluding hydrogens is 468 g/mol. The fraction of sp³-hybridized carbons (Fsp3) is 0.154. The van der Waals surface area contributed by atoms with Crippen LogP contribution in [0.3, 0.4) is 0 Å². The molecule has 9 heteroatoms. The lowest BCUT2D eigenvalue weighted by Gasteiger charge is -2.10. The second kappa shape index (κ2) is 11.8. The number of hydrogen-bond acceptors (Lipinski definition) is 5. The van der Waals surface area contributed by atoms with Crippen LogP contribution >= 0.6 is 11.6 Å². The zero-order chi connectivity index (χ0) is 25.4. The van der Waals surface area contributed by atoms with Gasteiger partial charge in [0, 0.05) is 11.4 Å². The minimum Gasteiger partial charge on any atom is -0.482 e. The number of hydrazone groups is 1. The van der Waals surface area contributed by atoms with E-state index in [1.165, 1.54) is 6.21 Å². The second-order valence-corrected chi connectivity index (χ2v) is 8.22. The maximum atomic E-state index is 12.1. The first-order valence-electron chi connectivity index (χ1n) is 10.7. The van der Waals surface area contributed by atoms with E-state index >= 15 is 0 Å². The van der Waals surface area contributed by atoms with E-state index < -0.39 is 11.8 Å². The Balaban J connectivity index is 1.50. The number of amides is 3. The summed E-state index contributed by atoms with van der Waals surface area (Å²) in [7, 11) is 0. The molecule has 0 bridgehead atoms. The van der Waals surface area contributed by atoms with Crippen molar-refractivity contribution in [1.29, 1.82) is 0 Å². The van der Waals surface area contributed by atoms with E-state index in [-0.39, 0.29) is 17.5 Å². The van der Waals surface area contributed by atoms with Crippen molar-refractivity contribution >= 4 is 46.9 Å². The van der Waals surface area contributed by atoms with Crippen molar-refractivity contribution in [3.05, 3.63) is 87.9 Å². The average Bonchev–Trinajstić information content (AvgIpc) is 2.82. The van der Waals surface area contributed by atoms with Gasteiger partial charge in [0.15, 0.2) is 6.61 Å². The van der Waals surface area contributed by atoms with Crippen LogP contribution in [0.1, 0.15) is 22.3 Å². The van der Waals surface area contributed by atoms with Gasteiger partial charge < -0.3 is 15.4 Å². The standard InChI is InChI=1S/C26H25ClN4O4/c1-16-7-10-20(11-8-16)29-23(32)15-35-22-12-9-19(13-21(22)27)14-28-31-26(34)25(33)30-24-17(2)5-4-6-18(24)3/h4-14H,15H2,1-3H3,(H,29,32)(H,30,33)(H,31,34)/b28-14-. The summed E-state index contributed by atoms with van der Waals surface area (Å²) in [6, 6.07) is 17.7. The van der Waals surface area contributed by atoms with Gasteiger partial charge in [-0.3, -0.25) is 14.4 Å². The zero-order valence-electron chi connectivity index (χ0n) is 19.5. The summed E-state index contributed by atoms with van der Waals surface area (Å²) in [5.74, 6) is -1.74. The molecule has 0 spiro atoms. The molecule has 0 saturated heterocycles. The molecular formula is C26H25ClN4O4. The van der Waals surface area contributed by atoms with Crippen LogP contribution in [-0.4, -0.2) is 30.5 Å². The summed E-state index contributed by atoms with van der Waals surface area (Å²) in [5, 5.41) is 9.39. The number of carbonyl (C=O) groups is 3. The van der Waals surface area contributed by atoms with Gasteiger partial charge in [0.2, 0.25) is 0 Å². The Morgan fingerprint density at radius 3 is 2.26 bits per heavy atom. The van der Waals surface area contributed by atoms with Crippen molar-refractivity contribution in [2.24, 2.45) is 5.10 Å². The third-order valence-electron chi connectivity index (χ3n) is 4.96. The Morgan fingerprint density at radius 2 is 1.60 bits per heavy atom. The number of halogens is 1. The number of ether oxygens (including phenoxy) is 1. The van der Waals surface area contributed by atoms with Gasteiger partial charge in [-0.25, -0.2) is 5.43 Å². The molecule has 3 aromatic rings. The highest BCUT2D eigenvalue weighted by molar-refractivity contribution is 6.39. The van der Waals surface area contributed by atoms with E-state index in [1.54, 1.807) is 30.3 Å². The predicted molar refractivity (Wildman–Crippen MR) is 137 cm³/mol. The van der Waals surface area contributed by atoms with Gasteiger partial charge >= 0.3 is 11.8 Å². The van der Waals surface area contributed by atoms with Gasteiger partial charge in [0.05, 0.1) is 11.2 Å². The number of anilines is 2. The number of rotatable bonds is 7. The number of hydrogen-bond donors (Lipinski definition) is 3. The summed E-state index contributed by atoms with van der Waals surface area (Å²) in [6.45, 7) is 5.42. The lowest BCUT2D eigenvalue weighted by atomic mass is 10.1. The maximum Gasteiger partial charge on any atom is 0.329 e. The van der Waals surface area contributed by atoms with Gasteiger partial charge in [-0.05, 0) is 67.8 Å². The molecule has 0 aliphatic rings. The molecule has 0 atom stereocenters. The Morgan fingerprint density at radius 1 is 0.914 bits per heavy atom. The highest BCUT2D eigenvalue weighted by Gasteiger charge is 2.15. The Kier molecular flexibility index (Phi) is 8.58. The smallest absolute Gasteiger partial charge is 0.329 e. The van der Waals surface area contributed by atoms with Crippen LogP contribution in [-0.2, 0) is 14.4 Å².